The smallest absolute Gasteiger partial charge is 0.224 e. The van der Waals surface area contributed by atoms with Gasteiger partial charge in [0.1, 0.15) is 0 Å². The number of carbonyl (C=O) groups is 1. The Kier molecular flexibility index (Phi) is 3.55. The van der Waals surface area contributed by atoms with E-state index in [1.807, 2.05) is 6.92 Å². The minimum Gasteiger partial charge on any atom is -0.512 e. The summed E-state index contributed by atoms with van der Waals surface area (Å²) < 4.78 is 0. The quantitative estimate of drug-likeness (QED) is 0.699. The van der Waals surface area contributed by atoms with Gasteiger partial charge in [-0.2, -0.15) is 0 Å². The molecule has 0 unspecified atom stereocenters. The highest BCUT2D eigenvalue weighted by atomic mass is 16.3. The molecule has 0 spiro atoms. The minimum atomic E-state index is 0.0588. The topological polar surface area (TPSA) is 49.3 Å². The molecule has 3 nitrogen and oxygen atoms in total. The molecule has 0 saturated carbocycles. The molecule has 0 fully saturated rings. The number of hydrogen-bond acceptors (Lipinski definition) is 2. The number of carbonyl (C=O) groups excluding carboxylic acids is 1. The normalized spacial score (nSPS) is 16.1. The zero-order valence-corrected chi connectivity index (χ0v) is 7.84. The lowest BCUT2D eigenvalue weighted by molar-refractivity contribution is -0.120. The van der Waals surface area contributed by atoms with Crippen molar-refractivity contribution < 1.29 is 9.90 Å². The zero-order chi connectivity index (χ0) is 9.68. The number of aliphatic hydroxyl groups is 1. The molecule has 13 heavy (non-hydrogen) atoms. The largest absolute Gasteiger partial charge is 0.512 e. The molecule has 0 atom stereocenters. The Hall–Kier alpha value is -1.25. The van der Waals surface area contributed by atoms with Crippen LogP contribution in [0.4, 0.5) is 0 Å². The van der Waals surface area contributed by atoms with E-state index >= 15 is 0 Å². The first-order valence-electron chi connectivity index (χ1n) is 4.61. The Bertz CT molecular complexity index is 254. The van der Waals surface area contributed by atoms with Crippen molar-refractivity contribution in [2.45, 2.75) is 32.6 Å². The molecule has 1 amide bonds. The minimum absolute atomic E-state index is 0.0588. The molecule has 0 heterocycles. The van der Waals surface area contributed by atoms with Crippen molar-refractivity contribution in [3.63, 3.8) is 0 Å². The summed E-state index contributed by atoms with van der Waals surface area (Å²) in [4.78, 5) is 11.2. The monoisotopic (exact) mass is 181 g/mol. The van der Waals surface area contributed by atoms with E-state index in [9.17, 15) is 4.79 Å². The van der Waals surface area contributed by atoms with Gasteiger partial charge in [0.25, 0.3) is 0 Å². The average molecular weight is 181 g/mol. The van der Waals surface area contributed by atoms with Gasteiger partial charge in [-0.3, -0.25) is 4.79 Å². The van der Waals surface area contributed by atoms with Crippen LogP contribution >= 0.6 is 0 Å². The Morgan fingerprint density at radius 1 is 1.54 bits per heavy atom. The van der Waals surface area contributed by atoms with Crippen LogP contribution in [-0.2, 0) is 4.79 Å². The summed E-state index contributed by atoms with van der Waals surface area (Å²) in [7, 11) is 0. The summed E-state index contributed by atoms with van der Waals surface area (Å²) in [5.74, 6) is 0.442. The Morgan fingerprint density at radius 3 is 2.85 bits per heavy atom. The van der Waals surface area contributed by atoms with Gasteiger partial charge >= 0.3 is 0 Å². The van der Waals surface area contributed by atoms with Crippen molar-refractivity contribution in [2.75, 3.05) is 0 Å². The zero-order valence-electron chi connectivity index (χ0n) is 7.84. The summed E-state index contributed by atoms with van der Waals surface area (Å²) in [6, 6.07) is 0. The third kappa shape index (κ3) is 3.32. The van der Waals surface area contributed by atoms with Gasteiger partial charge in [0.2, 0.25) is 5.91 Å². The molecule has 0 aromatic carbocycles. The lowest BCUT2D eigenvalue weighted by Gasteiger charge is -2.12. The molecular weight excluding hydrogens is 166 g/mol. The maximum atomic E-state index is 11.2. The van der Waals surface area contributed by atoms with Crippen LogP contribution in [0.3, 0.4) is 0 Å². The highest BCUT2D eigenvalue weighted by molar-refractivity contribution is 5.77. The van der Waals surface area contributed by atoms with Gasteiger partial charge < -0.3 is 10.4 Å². The second kappa shape index (κ2) is 4.70. The predicted octanol–water partition coefficient (Wildman–Crippen LogP) is 2.02. The number of nitrogens with one attached hydrogen (secondary N) is 1. The molecular formula is C10H15NO2. The van der Waals surface area contributed by atoms with Gasteiger partial charge in [-0.15, -0.1) is 0 Å². The summed E-state index contributed by atoms with van der Waals surface area (Å²) in [6.45, 7) is 1.97. The van der Waals surface area contributed by atoms with Crippen LogP contribution in [-0.4, -0.2) is 11.0 Å². The van der Waals surface area contributed by atoms with E-state index in [1.54, 1.807) is 12.2 Å². The lowest BCUT2D eigenvalue weighted by atomic mass is 10.1. The van der Waals surface area contributed by atoms with Crippen molar-refractivity contribution in [1.82, 2.24) is 5.32 Å². The Labute approximate surface area is 78.1 Å². The highest BCUT2D eigenvalue weighted by Crippen LogP contribution is 2.13. The second-order valence-electron chi connectivity index (χ2n) is 3.15. The third-order valence-electron chi connectivity index (χ3n) is 1.90. The van der Waals surface area contributed by atoms with Crippen molar-refractivity contribution in [3.05, 3.63) is 23.6 Å². The fraction of sp³-hybridized carbons (Fsp3) is 0.500. The average Bonchev–Trinajstić information content (AvgIpc) is 2.09. The van der Waals surface area contributed by atoms with Gasteiger partial charge in [-0.1, -0.05) is 6.92 Å². The van der Waals surface area contributed by atoms with E-state index in [0.717, 1.165) is 18.5 Å². The molecule has 0 saturated heterocycles. The molecule has 3 heteroatoms. The predicted molar refractivity (Wildman–Crippen MR) is 51.1 cm³/mol. The highest BCUT2D eigenvalue weighted by Gasteiger charge is 2.07. The van der Waals surface area contributed by atoms with E-state index in [4.69, 9.17) is 5.11 Å². The van der Waals surface area contributed by atoms with Gasteiger partial charge in [0.15, 0.2) is 0 Å². The summed E-state index contributed by atoms with van der Waals surface area (Å²) in [5, 5.41) is 11.9. The molecule has 0 aromatic rings. The Morgan fingerprint density at radius 2 is 2.31 bits per heavy atom. The molecule has 0 aliphatic heterocycles. The van der Waals surface area contributed by atoms with Gasteiger partial charge in [0, 0.05) is 18.5 Å². The van der Waals surface area contributed by atoms with Crippen molar-refractivity contribution in [3.8, 4) is 0 Å². The van der Waals surface area contributed by atoms with E-state index in [0.29, 0.717) is 18.6 Å². The van der Waals surface area contributed by atoms with Gasteiger partial charge in [-0.25, -0.2) is 0 Å². The summed E-state index contributed by atoms with van der Waals surface area (Å²) in [5.41, 5.74) is 0.899. The number of aliphatic hydroxyl groups excluding tert-OH is 1. The maximum Gasteiger partial charge on any atom is 0.224 e. The first kappa shape index (κ1) is 9.84. The summed E-state index contributed by atoms with van der Waals surface area (Å²) >= 11 is 0. The van der Waals surface area contributed by atoms with Crippen LogP contribution in [0.1, 0.15) is 32.6 Å². The fourth-order valence-electron chi connectivity index (χ4n) is 1.20. The SMILES string of the molecule is CCCC(=O)NC1=CC=C(O)CC1. The molecule has 1 aliphatic rings. The number of allylic oxidation sites excluding steroid dienone is 4. The molecule has 0 radical (unpaired) electrons. The van der Waals surface area contributed by atoms with E-state index in [2.05, 4.69) is 5.32 Å². The third-order valence-corrected chi connectivity index (χ3v) is 1.90. The van der Waals surface area contributed by atoms with Crippen molar-refractivity contribution >= 4 is 5.91 Å². The first-order chi connectivity index (χ1) is 6.22. The fourth-order valence-corrected chi connectivity index (χ4v) is 1.20. The van der Waals surface area contributed by atoms with Crippen LogP contribution in [0.2, 0.25) is 0 Å². The molecule has 0 bridgehead atoms. The van der Waals surface area contributed by atoms with Crippen LogP contribution in [0, 0.1) is 0 Å². The van der Waals surface area contributed by atoms with Crippen LogP contribution in [0.5, 0.6) is 0 Å². The van der Waals surface area contributed by atoms with Crippen molar-refractivity contribution in [1.29, 1.82) is 0 Å². The molecule has 2 N–H and O–H groups in total. The Balaban J connectivity index is 2.42. The first-order valence-corrected chi connectivity index (χ1v) is 4.61. The molecule has 1 rings (SSSR count). The second-order valence-corrected chi connectivity index (χ2v) is 3.15. The van der Waals surface area contributed by atoms with Crippen molar-refractivity contribution in [2.24, 2.45) is 0 Å². The van der Waals surface area contributed by atoms with E-state index < -0.39 is 0 Å². The van der Waals surface area contributed by atoms with Crippen LogP contribution in [0.15, 0.2) is 23.6 Å². The van der Waals surface area contributed by atoms with E-state index in [1.165, 1.54) is 0 Å². The maximum absolute atomic E-state index is 11.2. The molecule has 0 aromatic heterocycles. The summed E-state index contributed by atoms with van der Waals surface area (Å²) in [6.07, 6.45) is 6.15. The number of amides is 1. The number of rotatable bonds is 3. The van der Waals surface area contributed by atoms with Gasteiger partial charge in [0.05, 0.1) is 5.76 Å². The molecule has 1 aliphatic carbocycles. The van der Waals surface area contributed by atoms with E-state index in [-0.39, 0.29) is 5.91 Å². The van der Waals surface area contributed by atoms with Crippen LogP contribution in [0.25, 0.3) is 0 Å². The lowest BCUT2D eigenvalue weighted by Crippen LogP contribution is -2.22. The van der Waals surface area contributed by atoms with Gasteiger partial charge in [-0.05, 0) is 25.0 Å². The van der Waals surface area contributed by atoms with Crippen LogP contribution < -0.4 is 5.32 Å². The number of hydrogen-bond donors (Lipinski definition) is 2. The molecule has 72 valence electrons. The standard InChI is InChI=1S/C10H15NO2/c1-2-3-10(13)11-8-4-6-9(12)7-5-8/h4,6,12H,2-3,5,7H2,1H3,(H,11,13).